The Morgan fingerprint density at radius 1 is 1.20 bits per heavy atom. The van der Waals surface area contributed by atoms with Crippen molar-refractivity contribution in [2.45, 2.75) is 6.92 Å². The number of aryl methyl sites for hydroxylation is 1. The van der Waals surface area contributed by atoms with Crippen molar-refractivity contribution >= 4 is 23.6 Å². The number of hydrogen-bond acceptors (Lipinski definition) is 3. The van der Waals surface area contributed by atoms with Crippen molar-refractivity contribution in [3.05, 3.63) is 59.6 Å². The Morgan fingerprint density at radius 3 is 2.60 bits per heavy atom. The molecule has 0 aliphatic heterocycles. The van der Waals surface area contributed by atoms with E-state index in [-0.39, 0.29) is 11.5 Å². The van der Waals surface area contributed by atoms with E-state index in [1.165, 1.54) is 6.08 Å². The third kappa shape index (κ3) is 3.35. The molecule has 5 heteroatoms. The second-order valence-electron chi connectivity index (χ2n) is 4.18. The number of amides is 2. The average molecular weight is 270 g/mol. The monoisotopic (exact) mass is 270 g/mol. The fraction of sp³-hybridized carbons (Fsp3) is 0.0667. The van der Waals surface area contributed by atoms with Gasteiger partial charge in [0.2, 0.25) is 5.91 Å². The van der Waals surface area contributed by atoms with E-state index in [2.05, 4.69) is 5.32 Å². The van der Waals surface area contributed by atoms with Crippen LogP contribution in [-0.2, 0) is 4.79 Å². The molecule has 2 amide bonds. The average Bonchev–Trinajstić information content (AvgIpc) is 2.83. The van der Waals surface area contributed by atoms with Crippen LogP contribution in [0.4, 0.5) is 5.69 Å². The minimum atomic E-state index is -0.591. The number of hydrogen-bond donors (Lipinski definition) is 2. The number of rotatable bonds is 4. The molecule has 102 valence electrons. The van der Waals surface area contributed by atoms with Gasteiger partial charge in [-0.15, -0.1) is 0 Å². The summed E-state index contributed by atoms with van der Waals surface area (Å²) in [5, 5.41) is 2.60. The van der Waals surface area contributed by atoms with E-state index in [0.717, 1.165) is 5.76 Å². The van der Waals surface area contributed by atoms with Gasteiger partial charge in [0.25, 0.3) is 5.91 Å². The molecule has 0 aliphatic carbocycles. The smallest absolute Gasteiger partial charge is 0.250 e. The van der Waals surface area contributed by atoms with Crippen molar-refractivity contribution in [1.29, 1.82) is 0 Å². The molecule has 1 heterocycles. The summed E-state index contributed by atoms with van der Waals surface area (Å²) in [5.41, 5.74) is 5.88. The molecule has 0 fully saturated rings. The lowest BCUT2D eigenvalue weighted by atomic mass is 10.1. The zero-order valence-corrected chi connectivity index (χ0v) is 10.9. The Morgan fingerprint density at radius 2 is 1.95 bits per heavy atom. The quantitative estimate of drug-likeness (QED) is 0.836. The fourth-order valence-corrected chi connectivity index (χ4v) is 1.68. The lowest BCUT2D eigenvalue weighted by molar-refractivity contribution is -0.111. The molecule has 0 spiro atoms. The molecule has 0 radical (unpaired) electrons. The number of carbonyl (C=O) groups excluding carboxylic acids is 2. The van der Waals surface area contributed by atoms with Gasteiger partial charge in [-0.05, 0) is 37.3 Å². The van der Waals surface area contributed by atoms with E-state index in [1.807, 2.05) is 6.92 Å². The Bertz CT molecular complexity index is 671. The van der Waals surface area contributed by atoms with Gasteiger partial charge >= 0.3 is 0 Å². The van der Waals surface area contributed by atoms with E-state index in [4.69, 9.17) is 10.2 Å². The van der Waals surface area contributed by atoms with E-state index in [0.29, 0.717) is 11.4 Å². The summed E-state index contributed by atoms with van der Waals surface area (Å²) >= 11 is 0. The van der Waals surface area contributed by atoms with Gasteiger partial charge in [-0.25, -0.2) is 0 Å². The summed E-state index contributed by atoms with van der Waals surface area (Å²) < 4.78 is 5.31. The Kier molecular flexibility index (Phi) is 4.00. The van der Waals surface area contributed by atoms with Gasteiger partial charge in [0.15, 0.2) is 0 Å². The number of primary amides is 1. The molecule has 0 bridgehead atoms. The molecule has 5 nitrogen and oxygen atoms in total. The van der Waals surface area contributed by atoms with Crippen LogP contribution >= 0.6 is 0 Å². The zero-order chi connectivity index (χ0) is 14.5. The highest BCUT2D eigenvalue weighted by Gasteiger charge is 2.08. The molecule has 1 aromatic heterocycles. The molecule has 2 rings (SSSR count). The third-order valence-corrected chi connectivity index (χ3v) is 2.61. The van der Waals surface area contributed by atoms with Crippen LogP contribution in [-0.4, -0.2) is 11.8 Å². The van der Waals surface area contributed by atoms with E-state index >= 15 is 0 Å². The first kappa shape index (κ1) is 13.6. The molecule has 0 atom stereocenters. The first-order valence-corrected chi connectivity index (χ1v) is 6.00. The minimum absolute atomic E-state index is 0.267. The predicted octanol–water partition coefficient (Wildman–Crippen LogP) is 2.34. The molecule has 20 heavy (non-hydrogen) atoms. The number of carbonyl (C=O) groups is 2. The first-order valence-electron chi connectivity index (χ1n) is 6.00. The lowest BCUT2D eigenvalue weighted by Crippen LogP contribution is -2.16. The van der Waals surface area contributed by atoms with Crippen molar-refractivity contribution in [2.75, 3.05) is 5.32 Å². The standard InChI is InChI=1S/C15H14N2O3/c1-10-6-7-11(20-10)8-9-14(18)17-13-5-3-2-4-12(13)15(16)19/h2-9H,1H3,(H2,16,19)(H,17,18)/b9-8+. The summed E-state index contributed by atoms with van der Waals surface area (Å²) in [6.45, 7) is 1.82. The van der Waals surface area contributed by atoms with Gasteiger partial charge in [0.1, 0.15) is 11.5 Å². The van der Waals surface area contributed by atoms with Gasteiger partial charge in [0.05, 0.1) is 11.3 Å². The SMILES string of the molecule is Cc1ccc(/C=C/C(=O)Nc2ccccc2C(N)=O)o1. The number of anilines is 1. The lowest BCUT2D eigenvalue weighted by Gasteiger charge is -2.06. The van der Waals surface area contributed by atoms with E-state index in [1.54, 1.807) is 42.5 Å². The third-order valence-electron chi connectivity index (χ3n) is 2.61. The number of nitrogens with one attached hydrogen (secondary N) is 1. The van der Waals surface area contributed by atoms with Crippen LogP contribution < -0.4 is 11.1 Å². The highest BCUT2D eigenvalue weighted by Crippen LogP contribution is 2.14. The maximum atomic E-state index is 11.8. The van der Waals surface area contributed by atoms with E-state index < -0.39 is 5.91 Å². The number of furan rings is 1. The summed E-state index contributed by atoms with van der Waals surface area (Å²) in [6, 6.07) is 10.1. The normalized spacial score (nSPS) is 10.7. The molecular weight excluding hydrogens is 256 g/mol. The molecule has 3 N–H and O–H groups in total. The Hall–Kier alpha value is -2.82. The molecule has 0 aliphatic rings. The van der Waals surface area contributed by atoms with Crippen LogP contribution in [0, 0.1) is 6.92 Å². The number of nitrogens with two attached hydrogens (primary N) is 1. The fourth-order valence-electron chi connectivity index (χ4n) is 1.68. The van der Waals surface area contributed by atoms with Gasteiger partial charge in [-0.2, -0.15) is 0 Å². The Labute approximate surface area is 116 Å². The molecule has 0 saturated heterocycles. The Balaban J connectivity index is 2.09. The van der Waals surface area contributed by atoms with Crippen LogP contribution in [0.25, 0.3) is 6.08 Å². The largest absolute Gasteiger partial charge is 0.462 e. The predicted molar refractivity (Wildman–Crippen MR) is 76.1 cm³/mol. The van der Waals surface area contributed by atoms with Gasteiger partial charge in [-0.1, -0.05) is 12.1 Å². The second kappa shape index (κ2) is 5.88. The van der Waals surface area contributed by atoms with Crippen molar-refractivity contribution in [3.63, 3.8) is 0 Å². The van der Waals surface area contributed by atoms with Crippen LogP contribution in [0.2, 0.25) is 0 Å². The topological polar surface area (TPSA) is 85.3 Å². The minimum Gasteiger partial charge on any atom is -0.462 e. The summed E-state index contributed by atoms with van der Waals surface area (Å²) in [6.07, 6.45) is 2.88. The molecule has 1 aromatic carbocycles. The van der Waals surface area contributed by atoms with Gasteiger partial charge < -0.3 is 15.5 Å². The van der Waals surface area contributed by atoms with Crippen LogP contribution in [0.5, 0.6) is 0 Å². The van der Waals surface area contributed by atoms with Crippen molar-refractivity contribution in [1.82, 2.24) is 0 Å². The zero-order valence-electron chi connectivity index (χ0n) is 10.9. The maximum Gasteiger partial charge on any atom is 0.250 e. The van der Waals surface area contributed by atoms with Crippen molar-refractivity contribution in [2.24, 2.45) is 5.73 Å². The van der Waals surface area contributed by atoms with Crippen LogP contribution in [0.15, 0.2) is 46.9 Å². The van der Waals surface area contributed by atoms with Crippen LogP contribution in [0.1, 0.15) is 21.9 Å². The molecule has 0 saturated carbocycles. The van der Waals surface area contributed by atoms with Gasteiger partial charge in [-0.3, -0.25) is 9.59 Å². The number of benzene rings is 1. The van der Waals surface area contributed by atoms with Gasteiger partial charge in [0, 0.05) is 6.08 Å². The molecule has 2 aromatic rings. The highest BCUT2D eigenvalue weighted by molar-refractivity contribution is 6.07. The van der Waals surface area contributed by atoms with E-state index in [9.17, 15) is 9.59 Å². The maximum absolute atomic E-state index is 11.8. The molecular formula is C15H14N2O3. The highest BCUT2D eigenvalue weighted by atomic mass is 16.3. The number of para-hydroxylation sites is 1. The van der Waals surface area contributed by atoms with Crippen molar-refractivity contribution < 1.29 is 14.0 Å². The molecule has 0 unspecified atom stereocenters. The summed E-state index contributed by atoms with van der Waals surface area (Å²) in [7, 11) is 0. The summed E-state index contributed by atoms with van der Waals surface area (Å²) in [4.78, 5) is 23.0. The summed E-state index contributed by atoms with van der Waals surface area (Å²) in [5.74, 6) is 0.393. The first-order chi connectivity index (χ1) is 9.56. The van der Waals surface area contributed by atoms with Crippen molar-refractivity contribution in [3.8, 4) is 0 Å². The second-order valence-corrected chi connectivity index (χ2v) is 4.18. The van der Waals surface area contributed by atoms with Crippen LogP contribution in [0.3, 0.4) is 0 Å².